The smallest absolute Gasteiger partial charge is 0.253 e. The minimum atomic E-state index is -0.652. The van der Waals surface area contributed by atoms with Gasteiger partial charge in [0.15, 0.2) is 5.78 Å². The molecule has 0 aromatic heterocycles. The third-order valence-corrected chi connectivity index (χ3v) is 3.81. The molecule has 0 amide bonds. The Bertz CT molecular complexity index is 786. The largest absolute Gasteiger partial charge is 0.394 e. The minimum Gasteiger partial charge on any atom is -0.394 e. The van der Waals surface area contributed by atoms with Gasteiger partial charge in [-0.15, -0.1) is 0 Å². The third kappa shape index (κ3) is 2.43. The van der Waals surface area contributed by atoms with Crippen LogP contribution in [-0.2, 0) is 13.0 Å². The van der Waals surface area contributed by atoms with E-state index in [0.717, 1.165) is 17.5 Å². The molecule has 2 N–H and O–H groups in total. The molecule has 2 aromatic carbocycles. The van der Waals surface area contributed by atoms with Gasteiger partial charge in [-0.2, -0.15) is 0 Å². The number of nitrogens with zero attached hydrogens (tertiary/aromatic N) is 1. The second-order valence-electron chi connectivity index (χ2n) is 5.04. The summed E-state index contributed by atoms with van der Waals surface area (Å²) in [4.78, 5) is 36.5. The zero-order chi connectivity index (χ0) is 16.4. The fraction of sp³-hybridized carbons (Fsp3) is 0.353. The lowest BCUT2D eigenvalue weighted by Crippen LogP contribution is -2.46. The summed E-state index contributed by atoms with van der Waals surface area (Å²) in [5, 5.41) is 0. The van der Waals surface area contributed by atoms with Crippen molar-refractivity contribution in [3.63, 3.8) is 0 Å². The predicted octanol–water partition coefficient (Wildman–Crippen LogP) is 1.66. The van der Waals surface area contributed by atoms with Crippen molar-refractivity contribution in [1.82, 2.24) is 0 Å². The second kappa shape index (κ2) is 6.13. The van der Waals surface area contributed by atoms with Crippen LogP contribution in [0.3, 0.4) is 0 Å². The van der Waals surface area contributed by atoms with Gasteiger partial charge < -0.3 is 10.6 Å². The molecule has 5 heteroatoms. The number of nitrogen functional groups attached to an aromatic ring is 1. The molecular weight excluding hydrogens is 280 g/mol. The Morgan fingerprint density at radius 1 is 1.09 bits per heavy atom. The van der Waals surface area contributed by atoms with E-state index >= 15 is 0 Å². The highest BCUT2D eigenvalue weighted by atomic mass is 16.2. The normalized spacial score (nSPS) is 13.6. The van der Waals surface area contributed by atoms with Crippen molar-refractivity contribution >= 4 is 17.2 Å². The Morgan fingerprint density at radius 2 is 1.77 bits per heavy atom. The number of nitrogens with two attached hydrogens (primary N) is 1. The first-order chi connectivity index (χ1) is 10.5. The molecular formula is C17H20N2O3. The van der Waals surface area contributed by atoms with E-state index in [-0.39, 0.29) is 23.7 Å². The molecule has 116 valence electrons. The van der Waals surface area contributed by atoms with Crippen molar-refractivity contribution in [1.29, 1.82) is 0 Å². The van der Waals surface area contributed by atoms with Gasteiger partial charge in [0.25, 0.3) is 10.9 Å². The fourth-order valence-corrected chi connectivity index (χ4v) is 2.66. The van der Waals surface area contributed by atoms with Crippen LogP contribution in [0.5, 0.6) is 0 Å². The van der Waals surface area contributed by atoms with E-state index in [0.29, 0.717) is 12.1 Å². The molecule has 0 radical (unpaired) electrons. The topological polar surface area (TPSA) is 80.5 Å². The zero-order valence-corrected chi connectivity index (χ0v) is 13.1. The molecule has 0 aliphatic carbocycles. The van der Waals surface area contributed by atoms with Crippen molar-refractivity contribution < 1.29 is 4.79 Å². The summed E-state index contributed by atoms with van der Waals surface area (Å²) < 4.78 is 0. The van der Waals surface area contributed by atoms with E-state index in [1.807, 2.05) is 39.0 Å². The molecule has 5 nitrogen and oxygen atoms in total. The van der Waals surface area contributed by atoms with Gasteiger partial charge in [0.05, 0.1) is 6.54 Å². The van der Waals surface area contributed by atoms with E-state index in [1.165, 1.54) is 0 Å². The van der Waals surface area contributed by atoms with Gasteiger partial charge in [-0.25, -0.2) is 0 Å². The Balaban J connectivity index is 0.000000847. The molecule has 3 rings (SSSR count). The van der Waals surface area contributed by atoms with Crippen molar-refractivity contribution in [2.24, 2.45) is 0 Å². The lowest BCUT2D eigenvalue weighted by Gasteiger charge is -2.30. The number of carbonyl (C=O) groups excluding carboxylic acids is 1. The Kier molecular flexibility index (Phi) is 4.45. The van der Waals surface area contributed by atoms with Crippen LogP contribution >= 0.6 is 0 Å². The summed E-state index contributed by atoms with van der Waals surface area (Å²) in [6, 6.07) is 5.75. The average molecular weight is 300 g/mol. The van der Waals surface area contributed by atoms with Crippen molar-refractivity contribution in [3.8, 4) is 0 Å². The molecule has 0 spiro atoms. The van der Waals surface area contributed by atoms with Gasteiger partial charge in [-0.05, 0) is 17.5 Å². The molecule has 0 bridgehead atoms. The SMILES string of the molecule is CC.CCc1ccc2c(c1)CN(c1c(N)c(=O)c1=O)CC2=O. The highest BCUT2D eigenvalue weighted by Gasteiger charge is 2.30. The Morgan fingerprint density at radius 3 is 2.36 bits per heavy atom. The van der Waals surface area contributed by atoms with Crippen LogP contribution < -0.4 is 21.5 Å². The molecule has 0 fully saturated rings. The van der Waals surface area contributed by atoms with Gasteiger partial charge in [0.1, 0.15) is 11.4 Å². The van der Waals surface area contributed by atoms with Gasteiger partial charge >= 0.3 is 0 Å². The lowest BCUT2D eigenvalue weighted by molar-refractivity contribution is 0.0992. The standard InChI is InChI=1S/C15H14N2O3.C2H6/c1-2-8-3-4-10-9(5-8)6-17(7-11(10)18)13-12(16)14(19)15(13)20;1-2/h3-5H,2,6-7,16H2,1H3;1-2H3. The Hall–Kier alpha value is -2.43. The monoisotopic (exact) mass is 300 g/mol. The fourth-order valence-electron chi connectivity index (χ4n) is 2.66. The van der Waals surface area contributed by atoms with E-state index in [2.05, 4.69) is 0 Å². The van der Waals surface area contributed by atoms with E-state index in [9.17, 15) is 14.4 Å². The summed E-state index contributed by atoms with van der Waals surface area (Å²) >= 11 is 0. The first-order valence-corrected chi connectivity index (χ1v) is 7.51. The maximum absolute atomic E-state index is 12.1. The third-order valence-electron chi connectivity index (χ3n) is 3.81. The second-order valence-corrected chi connectivity index (χ2v) is 5.04. The van der Waals surface area contributed by atoms with Gasteiger partial charge in [0, 0.05) is 12.1 Å². The highest BCUT2D eigenvalue weighted by molar-refractivity contribution is 6.02. The number of fused-ring (bicyclic) bond motifs is 1. The van der Waals surface area contributed by atoms with E-state index in [1.54, 1.807) is 4.90 Å². The number of carbonyl (C=O) groups is 1. The summed E-state index contributed by atoms with van der Waals surface area (Å²) in [7, 11) is 0. The molecule has 1 heterocycles. The van der Waals surface area contributed by atoms with Crippen molar-refractivity contribution in [2.75, 3.05) is 17.2 Å². The maximum Gasteiger partial charge on any atom is 0.253 e. The summed E-state index contributed by atoms with van der Waals surface area (Å²) in [6.45, 7) is 6.57. The lowest BCUT2D eigenvalue weighted by atomic mass is 9.95. The van der Waals surface area contributed by atoms with Gasteiger partial charge in [-0.3, -0.25) is 14.4 Å². The number of hydrogen-bond acceptors (Lipinski definition) is 5. The van der Waals surface area contributed by atoms with Crippen LogP contribution in [0, 0.1) is 0 Å². The van der Waals surface area contributed by atoms with Crippen molar-refractivity contribution in [3.05, 3.63) is 55.3 Å². The molecule has 0 unspecified atom stereocenters. The van der Waals surface area contributed by atoms with E-state index < -0.39 is 10.9 Å². The number of Topliss-reactive ketones (excluding diaryl/α,β-unsaturated/α-hetero) is 1. The quantitative estimate of drug-likeness (QED) is 0.853. The number of rotatable bonds is 2. The molecule has 0 saturated carbocycles. The number of hydrogen-bond donors (Lipinski definition) is 1. The van der Waals surface area contributed by atoms with Crippen LogP contribution in [-0.4, -0.2) is 12.3 Å². The highest BCUT2D eigenvalue weighted by Crippen LogP contribution is 2.26. The number of anilines is 2. The summed E-state index contributed by atoms with van der Waals surface area (Å²) in [5.41, 5.74) is 7.19. The van der Waals surface area contributed by atoms with Gasteiger partial charge in [-0.1, -0.05) is 39.0 Å². The first-order valence-electron chi connectivity index (χ1n) is 7.51. The predicted molar refractivity (Wildman–Crippen MR) is 88.3 cm³/mol. The van der Waals surface area contributed by atoms with Gasteiger partial charge in [0.2, 0.25) is 0 Å². The molecule has 1 aliphatic rings. The summed E-state index contributed by atoms with van der Waals surface area (Å²) in [6.07, 6.45) is 0.879. The number of benzene rings is 1. The molecule has 2 aromatic rings. The van der Waals surface area contributed by atoms with Crippen molar-refractivity contribution in [2.45, 2.75) is 33.7 Å². The Labute approximate surface area is 129 Å². The maximum atomic E-state index is 12.1. The van der Waals surface area contributed by atoms with E-state index in [4.69, 9.17) is 5.73 Å². The molecule has 0 atom stereocenters. The first kappa shape index (κ1) is 15.9. The zero-order valence-electron chi connectivity index (χ0n) is 13.1. The number of aryl methyl sites for hydroxylation is 1. The van der Waals surface area contributed by atoms with Crippen LogP contribution in [0.1, 0.15) is 42.3 Å². The van der Waals surface area contributed by atoms with Crippen LogP contribution in [0.15, 0.2) is 27.8 Å². The van der Waals surface area contributed by atoms with Crippen LogP contribution in [0.25, 0.3) is 0 Å². The van der Waals surface area contributed by atoms with Crippen LogP contribution in [0.2, 0.25) is 0 Å². The average Bonchev–Trinajstić information content (AvgIpc) is 2.56. The molecule has 22 heavy (non-hydrogen) atoms. The summed E-state index contributed by atoms with van der Waals surface area (Å²) in [5.74, 6) is -0.0543. The molecule has 0 saturated heterocycles. The minimum absolute atomic E-state index is 0.0297. The van der Waals surface area contributed by atoms with Crippen LogP contribution in [0.4, 0.5) is 11.4 Å². The molecule has 1 aliphatic heterocycles. The number of ketones is 1.